The first kappa shape index (κ1) is 18.7. The highest BCUT2D eigenvalue weighted by molar-refractivity contribution is 5.22. The number of nitriles is 1. The van der Waals surface area contributed by atoms with E-state index in [4.69, 9.17) is 10.00 Å². The van der Waals surface area contributed by atoms with E-state index >= 15 is 0 Å². The van der Waals surface area contributed by atoms with E-state index in [0.717, 1.165) is 32.1 Å². The molecule has 130 valence electrons. The predicted molar refractivity (Wildman–Crippen MR) is 95.0 cm³/mol. The van der Waals surface area contributed by atoms with Crippen molar-refractivity contribution in [1.29, 1.82) is 5.26 Å². The molecule has 0 atom stereocenters. The van der Waals surface area contributed by atoms with E-state index in [1.54, 1.807) is 6.07 Å². The zero-order valence-corrected chi connectivity index (χ0v) is 14.6. The first-order chi connectivity index (χ1) is 11.7. The first-order valence-corrected chi connectivity index (χ1v) is 9.18. The van der Waals surface area contributed by atoms with Crippen molar-refractivity contribution < 1.29 is 9.13 Å². The molecule has 2 nitrogen and oxygen atoms in total. The highest BCUT2D eigenvalue weighted by atomic mass is 19.1. The predicted octanol–water partition coefficient (Wildman–Crippen LogP) is 5.87. The molecule has 0 aromatic heterocycles. The quantitative estimate of drug-likeness (QED) is 0.441. The molecule has 2 rings (SSSR count). The molecule has 1 saturated carbocycles. The molecule has 1 aromatic carbocycles. The molecule has 0 heterocycles. The number of hydrogen-bond donors (Lipinski definition) is 0. The number of halogens is 1. The maximum absolute atomic E-state index is 13.0. The zero-order chi connectivity index (χ0) is 17.2. The second kappa shape index (κ2) is 10.3. The van der Waals surface area contributed by atoms with E-state index in [2.05, 4.69) is 31.2 Å². The van der Waals surface area contributed by atoms with Gasteiger partial charge in [-0.2, -0.15) is 9.65 Å². The lowest BCUT2D eigenvalue weighted by Crippen LogP contribution is -2.20. The van der Waals surface area contributed by atoms with Gasteiger partial charge in [-0.25, -0.2) is 0 Å². The standard InChI is InChI=1S/C21H28FNO/c1-2-3-4-5-17-6-8-19(9-7-17)16-24-21-12-10-18(11-13-21)14-20(22)15-23/h6-9,14,18,21H,2-5,10-13,16H2,1H3/b20-14+/t18-,21-. The Morgan fingerprint density at radius 2 is 1.83 bits per heavy atom. The number of ether oxygens (including phenoxy) is 1. The Morgan fingerprint density at radius 3 is 2.46 bits per heavy atom. The summed E-state index contributed by atoms with van der Waals surface area (Å²) < 4.78 is 19.0. The number of hydrogen-bond acceptors (Lipinski definition) is 2. The summed E-state index contributed by atoms with van der Waals surface area (Å²) in [5.41, 5.74) is 2.62. The van der Waals surface area contributed by atoms with Crippen LogP contribution in [0.3, 0.4) is 0 Å². The topological polar surface area (TPSA) is 33.0 Å². The van der Waals surface area contributed by atoms with Crippen molar-refractivity contribution in [3.8, 4) is 6.07 Å². The van der Waals surface area contributed by atoms with Gasteiger partial charge in [-0.15, -0.1) is 0 Å². The number of benzene rings is 1. The van der Waals surface area contributed by atoms with Gasteiger partial charge in [-0.05, 0) is 61.6 Å². The number of nitrogens with zero attached hydrogens (tertiary/aromatic N) is 1. The molecule has 0 unspecified atom stereocenters. The summed E-state index contributed by atoms with van der Waals surface area (Å²) in [5.74, 6) is -0.467. The number of rotatable bonds is 8. The van der Waals surface area contributed by atoms with Crippen molar-refractivity contribution in [3.63, 3.8) is 0 Å². The van der Waals surface area contributed by atoms with Crippen LogP contribution in [0.25, 0.3) is 0 Å². The van der Waals surface area contributed by atoms with Crippen molar-refractivity contribution in [1.82, 2.24) is 0 Å². The maximum Gasteiger partial charge on any atom is 0.196 e. The van der Waals surface area contributed by atoms with Crippen molar-refractivity contribution >= 4 is 0 Å². The second-order valence-electron chi connectivity index (χ2n) is 6.75. The van der Waals surface area contributed by atoms with E-state index in [9.17, 15) is 4.39 Å². The average Bonchev–Trinajstić information content (AvgIpc) is 2.62. The van der Waals surface area contributed by atoms with Gasteiger partial charge in [0.2, 0.25) is 0 Å². The van der Waals surface area contributed by atoms with Crippen LogP contribution < -0.4 is 0 Å². The Bertz CT molecular complexity index is 550. The molecule has 1 aliphatic rings. The van der Waals surface area contributed by atoms with Crippen LogP contribution >= 0.6 is 0 Å². The number of aryl methyl sites for hydroxylation is 1. The molecular formula is C21H28FNO. The van der Waals surface area contributed by atoms with Crippen LogP contribution in [0.15, 0.2) is 36.2 Å². The maximum atomic E-state index is 13.0. The van der Waals surface area contributed by atoms with Crippen molar-refractivity contribution in [2.45, 2.75) is 71.0 Å². The van der Waals surface area contributed by atoms with Crippen LogP contribution in [-0.4, -0.2) is 6.10 Å². The van der Waals surface area contributed by atoms with Crippen molar-refractivity contribution in [2.75, 3.05) is 0 Å². The van der Waals surface area contributed by atoms with Gasteiger partial charge >= 0.3 is 0 Å². The summed E-state index contributed by atoms with van der Waals surface area (Å²) in [6, 6.07) is 10.3. The monoisotopic (exact) mass is 329 g/mol. The van der Waals surface area contributed by atoms with Gasteiger partial charge in [0, 0.05) is 0 Å². The van der Waals surface area contributed by atoms with E-state index in [1.807, 2.05) is 0 Å². The van der Waals surface area contributed by atoms with Crippen LogP contribution in [0.4, 0.5) is 4.39 Å². The minimum absolute atomic E-state index is 0.187. The molecule has 0 spiro atoms. The first-order valence-electron chi connectivity index (χ1n) is 9.18. The Morgan fingerprint density at radius 1 is 1.17 bits per heavy atom. The average molecular weight is 329 g/mol. The van der Waals surface area contributed by atoms with E-state index in [-0.39, 0.29) is 12.0 Å². The van der Waals surface area contributed by atoms with E-state index in [0.29, 0.717) is 6.61 Å². The smallest absolute Gasteiger partial charge is 0.196 e. The molecule has 1 aromatic rings. The molecular weight excluding hydrogens is 301 g/mol. The summed E-state index contributed by atoms with van der Waals surface area (Å²) >= 11 is 0. The lowest BCUT2D eigenvalue weighted by Gasteiger charge is -2.26. The van der Waals surface area contributed by atoms with Gasteiger partial charge in [0.15, 0.2) is 5.83 Å². The molecule has 1 aliphatic carbocycles. The Balaban J connectivity index is 1.70. The van der Waals surface area contributed by atoms with E-state index in [1.165, 1.54) is 36.5 Å². The molecule has 0 N–H and O–H groups in total. The van der Waals surface area contributed by atoms with Gasteiger partial charge in [-0.1, -0.05) is 44.0 Å². The fourth-order valence-corrected chi connectivity index (χ4v) is 3.26. The number of unbranched alkanes of at least 4 members (excludes halogenated alkanes) is 2. The van der Waals surface area contributed by atoms with Gasteiger partial charge in [0.1, 0.15) is 6.07 Å². The fraction of sp³-hybridized carbons (Fsp3) is 0.571. The second-order valence-corrected chi connectivity index (χ2v) is 6.75. The van der Waals surface area contributed by atoms with Crippen LogP contribution in [0.1, 0.15) is 63.0 Å². The Hall–Kier alpha value is -1.66. The van der Waals surface area contributed by atoms with E-state index < -0.39 is 5.83 Å². The van der Waals surface area contributed by atoms with Gasteiger partial charge < -0.3 is 4.74 Å². The highest BCUT2D eigenvalue weighted by Crippen LogP contribution is 2.28. The zero-order valence-electron chi connectivity index (χ0n) is 14.6. The lowest BCUT2D eigenvalue weighted by molar-refractivity contribution is 0.0109. The van der Waals surface area contributed by atoms with Gasteiger partial charge in [-0.3, -0.25) is 0 Å². The summed E-state index contributed by atoms with van der Waals surface area (Å²) in [6.07, 6.45) is 10.4. The third-order valence-electron chi connectivity index (χ3n) is 4.79. The SMILES string of the molecule is CCCCCc1ccc(CO[C@H]2CC[C@H](/C=C(/F)C#N)CC2)cc1. The van der Waals surface area contributed by atoms with Gasteiger partial charge in [0.25, 0.3) is 0 Å². The molecule has 0 aliphatic heterocycles. The minimum Gasteiger partial charge on any atom is -0.374 e. The summed E-state index contributed by atoms with van der Waals surface area (Å²) in [5, 5.41) is 8.49. The summed E-state index contributed by atoms with van der Waals surface area (Å²) in [6.45, 7) is 2.87. The normalized spacial score (nSPS) is 21.5. The fourth-order valence-electron chi connectivity index (χ4n) is 3.26. The van der Waals surface area contributed by atoms with Crippen LogP contribution in [-0.2, 0) is 17.8 Å². The van der Waals surface area contributed by atoms with Crippen LogP contribution in [0, 0.1) is 17.2 Å². The molecule has 0 amide bonds. The minimum atomic E-state index is -0.654. The third-order valence-corrected chi connectivity index (χ3v) is 4.79. The van der Waals surface area contributed by atoms with Crippen LogP contribution in [0.5, 0.6) is 0 Å². The molecule has 0 bridgehead atoms. The molecule has 0 saturated heterocycles. The largest absolute Gasteiger partial charge is 0.374 e. The van der Waals surface area contributed by atoms with Gasteiger partial charge in [0.05, 0.1) is 12.7 Å². The highest BCUT2D eigenvalue weighted by Gasteiger charge is 2.20. The molecule has 3 heteroatoms. The Kier molecular flexibility index (Phi) is 7.98. The molecule has 1 fully saturated rings. The summed E-state index contributed by atoms with van der Waals surface area (Å²) in [7, 11) is 0. The molecule has 24 heavy (non-hydrogen) atoms. The number of allylic oxidation sites excluding steroid dienone is 2. The van der Waals surface area contributed by atoms with Crippen molar-refractivity contribution in [3.05, 3.63) is 47.3 Å². The third kappa shape index (κ3) is 6.45. The summed E-state index contributed by atoms with van der Waals surface area (Å²) in [4.78, 5) is 0. The lowest BCUT2D eigenvalue weighted by atomic mass is 9.87. The van der Waals surface area contributed by atoms with Crippen LogP contribution in [0.2, 0.25) is 0 Å². The van der Waals surface area contributed by atoms with Crippen molar-refractivity contribution in [2.24, 2.45) is 5.92 Å². The Labute approximate surface area is 145 Å². The molecule has 0 radical (unpaired) electrons.